The number of H-pyrrole nitrogens is 1. The van der Waals surface area contributed by atoms with Gasteiger partial charge >= 0.3 is 11.7 Å². The largest absolute Gasteiger partial charge is 0.478 e. The van der Waals surface area contributed by atoms with Crippen molar-refractivity contribution in [3.05, 3.63) is 62.5 Å². The maximum absolute atomic E-state index is 12.2. The van der Waals surface area contributed by atoms with Crippen LogP contribution in [0.5, 0.6) is 0 Å². The molecule has 1 aromatic heterocycles. The van der Waals surface area contributed by atoms with Crippen molar-refractivity contribution in [1.29, 1.82) is 0 Å². The molecular formula is C14H8Cl2N2O3. The van der Waals surface area contributed by atoms with Crippen molar-refractivity contribution < 1.29 is 9.90 Å². The van der Waals surface area contributed by atoms with E-state index in [1.807, 2.05) is 0 Å². The lowest BCUT2D eigenvalue weighted by molar-refractivity contribution is 0.0699. The third-order valence-electron chi connectivity index (χ3n) is 3.10. The minimum Gasteiger partial charge on any atom is -0.478 e. The predicted molar refractivity (Wildman–Crippen MR) is 80.9 cm³/mol. The fraction of sp³-hybridized carbons (Fsp3) is 0. The summed E-state index contributed by atoms with van der Waals surface area (Å²) in [5.74, 6) is -1.12. The first-order chi connectivity index (χ1) is 9.99. The zero-order valence-corrected chi connectivity index (χ0v) is 11.9. The maximum atomic E-state index is 12.2. The Hall–Kier alpha value is -2.24. The van der Waals surface area contributed by atoms with Crippen molar-refractivity contribution in [1.82, 2.24) is 9.55 Å². The van der Waals surface area contributed by atoms with Crippen LogP contribution in [0.4, 0.5) is 0 Å². The molecule has 0 spiro atoms. The molecule has 0 saturated carbocycles. The molecule has 106 valence electrons. The van der Waals surface area contributed by atoms with Crippen LogP contribution in [0.15, 0.2) is 41.2 Å². The molecule has 3 rings (SSSR count). The highest BCUT2D eigenvalue weighted by molar-refractivity contribution is 6.34. The lowest BCUT2D eigenvalue weighted by Crippen LogP contribution is -2.14. The molecule has 1 heterocycles. The lowest BCUT2D eigenvalue weighted by atomic mass is 10.2. The minimum atomic E-state index is -1.12. The van der Waals surface area contributed by atoms with E-state index in [1.165, 1.54) is 10.6 Å². The summed E-state index contributed by atoms with van der Waals surface area (Å²) in [6.07, 6.45) is 0. The molecule has 7 heteroatoms. The third kappa shape index (κ3) is 2.20. The summed E-state index contributed by atoms with van der Waals surface area (Å²) in [5.41, 5.74) is 0.586. The Balaban J connectivity index is 2.42. The second-order valence-corrected chi connectivity index (χ2v) is 5.21. The van der Waals surface area contributed by atoms with Gasteiger partial charge in [-0.05, 0) is 30.3 Å². The van der Waals surface area contributed by atoms with Crippen LogP contribution in [0.25, 0.3) is 16.7 Å². The zero-order valence-electron chi connectivity index (χ0n) is 10.4. The maximum Gasteiger partial charge on any atom is 0.337 e. The summed E-state index contributed by atoms with van der Waals surface area (Å²) in [6, 6.07) is 9.35. The van der Waals surface area contributed by atoms with Gasteiger partial charge in [0, 0.05) is 5.02 Å². The average Bonchev–Trinajstić information content (AvgIpc) is 2.77. The number of hydrogen-bond acceptors (Lipinski definition) is 2. The van der Waals surface area contributed by atoms with Gasteiger partial charge in [0.15, 0.2) is 0 Å². The van der Waals surface area contributed by atoms with Crippen LogP contribution in [0.3, 0.4) is 0 Å². The van der Waals surface area contributed by atoms with Gasteiger partial charge < -0.3 is 10.1 Å². The van der Waals surface area contributed by atoms with E-state index in [2.05, 4.69) is 4.98 Å². The molecule has 0 aliphatic carbocycles. The third-order valence-corrected chi connectivity index (χ3v) is 3.65. The second-order valence-electron chi connectivity index (χ2n) is 4.37. The molecule has 2 aromatic carbocycles. The van der Waals surface area contributed by atoms with Gasteiger partial charge in [-0.3, -0.25) is 4.57 Å². The number of carboxylic acid groups (broad SMARTS) is 1. The Labute approximate surface area is 128 Å². The molecule has 0 atom stereocenters. The number of carbonyl (C=O) groups is 1. The van der Waals surface area contributed by atoms with Gasteiger partial charge in [-0.2, -0.15) is 0 Å². The monoisotopic (exact) mass is 322 g/mol. The van der Waals surface area contributed by atoms with E-state index in [-0.39, 0.29) is 11.1 Å². The van der Waals surface area contributed by atoms with E-state index in [1.54, 1.807) is 30.3 Å². The number of benzene rings is 2. The molecule has 5 nitrogen and oxygen atoms in total. The van der Waals surface area contributed by atoms with E-state index < -0.39 is 11.7 Å². The second kappa shape index (κ2) is 4.95. The number of para-hydroxylation sites is 1. The van der Waals surface area contributed by atoms with Gasteiger partial charge in [0.1, 0.15) is 0 Å². The van der Waals surface area contributed by atoms with Crippen LogP contribution >= 0.6 is 23.2 Å². The fourth-order valence-corrected chi connectivity index (χ4v) is 2.57. The smallest absolute Gasteiger partial charge is 0.337 e. The van der Waals surface area contributed by atoms with Crippen molar-refractivity contribution in [3.63, 3.8) is 0 Å². The summed E-state index contributed by atoms with van der Waals surface area (Å²) >= 11 is 12.1. The number of halogens is 2. The molecule has 0 saturated heterocycles. The van der Waals surface area contributed by atoms with Gasteiger partial charge in [-0.1, -0.05) is 29.3 Å². The van der Waals surface area contributed by atoms with E-state index >= 15 is 0 Å². The predicted octanol–water partition coefficient (Wildman–Crippen LogP) is 3.32. The summed E-state index contributed by atoms with van der Waals surface area (Å²) in [6.45, 7) is 0. The van der Waals surface area contributed by atoms with Crippen LogP contribution in [0.2, 0.25) is 10.0 Å². The molecule has 0 unspecified atom stereocenters. The van der Waals surface area contributed by atoms with Crippen molar-refractivity contribution in [3.8, 4) is 5.69 Å². The highest BCUT2D eigenvalue weighted by atomic mass is 35.5. The number of aromatic nitrogens is 2. The van der Waals surface area contributed by atoms with Crippen LogP contribution in [-0.4, -0.2) is 20.6 Å². The normalized spacial score (nSPS) is 11.0. The first kappa shape index (κ1) is 13.7. The number of nitrogens with zero attached hydrogens (tertiary/aromatic N) is 1. The topological polar surface area (TPSA) is 75.1 Å². The van der Waals surface area contributed by atoms with E-state index in [0.29, 0.717) is 21.2 Å². The SMILES string of the molecule is O=C(O)c1cccc2c1[nH]c(=O)n2-c1cc(Cl)ccc1Cl. The Morgan fingerprint density at radius 1 is 1.19 bits per heavy atom. The molecule has 21 heavy (non-hydrogen) atoms. The first-order valence-corrected chi connectivity index (χ1v) is 6.67. The highest BCUT2D eigenvalue weighted by Gasteiger charge is 2.16. The van der Waals surface area contributed by atoms with Crippen LogP contribution in [0.1, 0.15) is 10.4 Å². The van der Waals surface area contributed by atoms with Gasteiger partial charge in [0.25, 0.3) is 0 Å². The Morgan fingerprint density at radius 3 is 2.67 bits per heavy atom. The van der Waals surface area contributed by atoms with E-state index in [9.17, 15) is 14.7 Å². The molecule has 0 fully saturated rings. The summed E-state index contributed by atoms with van der Waals surface area (Å²) in [4.78, 5) is 26.0. The number of rotatable bonds is 2. The van der Waals surface area contributed by atoms with Gasteiger partial charge in [-0.25, -0.2) is 9.59 Å². The minimum absolute atomic E-state index is 0.0153. The molecule has 0 amide bonds. The van der Waals surface area contributed by atoms with Crippen molar-refractivity contribution >= 4 is 40.2 Å². The van der Waals surface area contributed by atoms with Crippen LogP contribution in [0, 0.1) is 0 Å². The highest BCUT2D eigenvalue weighted by Crippen LogP contribution is 2.26. The lowest BCUT2D eigenvalue weighted by Gasteiger charge is -2.06. The van der Waals surface area contributed by atoms with Crippen LogP contribution < -0.4 is 5.69 Å². The number of nitrogens with one attached hydrogen (secondary N) is 1. The summed E-state index contributed by atoms with van der Waals surface area (Å²) in [7, 11) is 0. The average molecular weight is 323 g/mol. The first-order valence-electron chi connectivity index (χ1n) is 5.91. The van der Waals surface area contributed by atoms with E-state index in [4.69, 9.17) is 23.2 Å². The Kier molecular flexibility index (Phi) is 3.23. The van der Waals surface area contributed by atoms with Crippen molar-refractivity contribution in [2.75, 3.05) is 0 Å². The molecular weight excluding hydrogens is 315 g/mol. The number of aromatic carboxylic acids is 1. The number of fused-ring (bicyclic) bond motifs is 1. The standard InChI is InChI=1S/C14H8Cl2N2O3/c15-7-4-5-9(16)11(6-7)18-10-3-1-2-8(13(19)20)12(10)17-14(18)21/h1-6H,(H,17,21)(H,19,20). The zero-order chi connectivity index (χ0) is 15.1. The molecule has 2 N–H and O–H groups in total. The Bertz CT molecular complexity index is 928. The number of imidazole rings is 1. The van der Waals surface area contributed by atoms with Gasteiger partial charge in [0.2, 0.25) is 0 Å². The van der Waals surface area contributed by atoms with Crippen LogP contribution in [-0.2, 0) is 0 Å². The quantitative estimate of drug-likeness (QED) is 0.759. The molecule has 0 bridgehead atoms. The molecule has 0 aliphatic rings. The van der Waals surface area contributed by atoms with Gasteiger partial charge in [0.05, 0.1) is 27.3 Å². The number of hydrogen-bond donors (Lipinski definition) is 2. The summed E-state index contributed by atoms with van der Waals surface area (Å²) in [5, 5.41) is 9.93. The van der Waals surface area contributed by atoms with E-state index in [0.717, 1.165) is 0 Å². The number of carboxylic acids is 1. The van der Waals surface area contributed by atoms with Gasteiger partial charge in [-0.15, -0.1) is 0 Å². The van der Waals surface area contributed by atoms with Crippen molar-refractivity contribution in [2.24, 2.45) is 0 Å². The fourth-order valence-electron chi connectivity index (χ4n) is 2.20. The molecule has 3 aromatic rings. The number of aromatic amines is 1. The summed E-state index contributed by atoms with van der Waals surface area (Å²) < 4.78 is 1.30. The Morgan fingerprint density at radius 2 is 1.95 bits per heavy atom. The molecule has 0 aliphatic heterocycles. The van der Waals surface area contributed by atoms with Crippen molar-refractivity contribution in [2.45, 2.75) is 0 Å². The molecule has 0 radical (unpaired) electrons.